The molecule has 0 aromatic carbocycles. The number of nitrogens with one attached hydrogen (secondary N) is 1. The van der Waals surface area contributed by atoms with E-state index in [1.807, 2.05) is 12.3 Å². The molecule has 84 valence electrons. The van der Waals surface area contributed by atoms with Gasteiger partial charge in [-0.05, 0) is 24.6 Å². The van der Waals surface area contributed by atoms with Gasteiger partial charge in [-0.25, -0.2) is 0 Å². The van der Waals surface area contributed by atoms with Crippen molar-refractivity contribution in [1.82, 2.24) is 10.3 Å². The zero-order chi connectivity index (χ0) is 10.9. The van der Waals surface area contributed by atoms with Gasteiger partial charge in [0.15, 0.2) is 6.29 Å². The van der Waals surface area contributed by atoms with Crippen LogP contribution in [0.3, 0.4) is 0 Å². The zero-order valence-corrected chi connectivity index (χ0v) is 9.27. The molecule has 4 nitrogen and oxygen atoms in total. The van der Waals surface area contributed by atoms with Crippen molar-refractivity contribution in [2.75, 3.05) is 27.3 Å². The molecule has 1 N–H and O–H groups in total. The first-order valence-corrected chi connectivity index (χ1v) is 5.02. The predicted molar refractivity (Wildman–Crippen MR) is 58.6 cm³/mol. The first-order valence-electron chi connectivity index (χ1n) is 5.02. The number of hydrogen-bond acceptors (Lipinski definition) is 4. The second-order valence-corrected chi connectivity index (χ2v) is 3.22. The van der Waals surface area contributed by atoms with Crippen molar-refractivity contribution < 1.29 is 9.47 Å². The smallest absolute Gasteiger partial charge is 0.169 e. The Morgan fingerprint density at radius 2 is 2.20 bits per heavy atom. The molecule has 0 aliphatic rings. The van der Waals surface area contributed by atoms with Crippen molar-refractivity contribution in [3.05, 3.63) is 30.1 Å². The molecule has 1 heterocycles. The highest BCUT2D eigenvalue weighted by atomic mass is 16.7. The lowest BCUT2D eigenvalue weighted by Gasteiger charge is -2.13. The molecular formula is C11H18N2O2. The number of nitrogens with zero attached hydrogens (tertiary/aromatic N) is 1. The minimum absolute atomic E-state index is 0.168. The van der Waals surface area contributed by atoms with Crippen LogP contribution in [0.15, 0.2) is 24.5 Å². The Labute approximate surface area is 90.6 Å². The van der Waals surface area contributed by atoms with E-state index in [-0.39, 0.29) is 6.29 Å². The van der Waals surface area contributed by atoms with Crippen molar-refractivity contribution in [3.63, 3.8) is 0 Å². The van der Waals surface area contributed by atoms with Gasteiger partial charge in [0.2, 0.25) is 0 Å². The van der Waals surface area contributed by atoms with E-state index in [2.05, 4.69) is 16.4 Å². The molecule has 0 bridgehead atoms. The summed E-state index contributed by atoms with van der Waals surface area (Å²) in [4.78, 5) is 4.05. The molecule has 0 amide bonds. The molecule has 4 heteroatoms. The fourth-order valence-corrected chi connectivity index (χ4v) is 1.26. The summed E-state index contributed by atoms with van der Waals surface area (Å²) in [6.07, 6.45) is 4.46. The number of methoxy groups -OCH3 is 2. The molecule has 0 saturated carbocycles. The quantitative estimate of drug-likeness (QED) is 0.535. The first-order chi connectivity index (χ1) is 7.36. The maximum Gasteiger partial charge on any atom is 0.169 e. The minimum Gasteiger partial charge on any atom is -0.355 e. The molecule has 0 aliphatic carbocycles. The van der Waals surface area contributed by atoms with Gasteiger partial charge in [0.05, 0.1) is 0 Å². The summed E-state index contributed by atoms with van der Waals surface area (Å²) < 4.78 is 10.1. The molecule has 0 saturated heterocycles. The van der Waals surface area contributed by atoms with Crippen LogP contribution >= 0.6 is 0 Å². The largest absolute Gasteiger partial charge is 0.355 e. The van der Waals surface area contributed by atoms with Crippen LogP contribution in [0.5, 0.6) is 0 Å². The van der Waals surface area contributed by atoms with Gasteiger partial charge in [-0.2, -0.15) is 0 Å². The molecule has 0 atom stereocenters. The Hall–Kier alpha value is -0.970. The minimum atomic E-state index is -0.168. The molecule has 0 aliphatic heterocycles. The van der Waals surface area contributed by atoms with E-state index in [0.717, 1.165) is 13.0 Å². The highest BCUT2D eigenvalue weighted by Gasteiger charge is 2.02. The summed E-state index contributed by atoms with van der Waals surface area (Å²) in [5.41, 5.74) is 1.23. The molecule has 0 spiro atoms. The second kappa shape index (κ2) is 7.34. The molecule has 1 aromatic rings. The summed E-state index contributed by atoms with van der Waals surface area (Å²) in [7, 11) is 3.27. The Kier molecular flexibility index (Phi) is 5.92. The molecule has 0 unspecified atom stereocenters. The highest BCUT2D eigenvalue weighted by molar-refractivity contribution is 5.08. The van der Waals surface area contributed by atoms with Crippen LogP contribution in [0, 0.1) is 0 Å². The Morgan fingerprint density at radius 3 is 2.80 bits per heavy atom. The number of pyridine rings is 1. The lowest BCUT2D eigenvalue weighted by Crippen LogP contribution is -2.31. The van der Waals surface area contributed by atoms with E-state index < -0.39 is 0 Å². The SMILES string of the molecule is COC(CNCCc1cccnc1)OC. The number of rotatable bonds is 7. The third-order valence-electron chi connectivity index (χ3n) is 2.15. The summed E-state index contributed by atoms with van der Waals surface area (Å²) in [5.74, 6) is 0. The third-order valence-corrected chi connectivity index (χ3v) is 2.15. The predicted octanol–water partition coefficient (Wildman–Crippen LogP) is 0.833. The van der Waals surface area contributed by atoms with Gasteiger partial charge in [0, 0.05) is 33.2 Å². The van der Waals surface area contributed by atoms with Crippen molar-refractivity contribution in [1.29, 1.82) is 0 Å². The molecule has 1 aromatic heterocycles. The van der Waals surface area contributed by atoms with E-state index >= 15 is 0 Å². The van der Waals surface area contributed by atoms with Crippen LogP contribution in [-0.2, 0) is 15.9 Å². The Balaban J connectivity index is 2.12. The number of ether oxygens (including phenoxy) is 2. The van der Waals surface area contributed by atoms with Gasteiger partial charge in [0.1, 0.15) is 0 Å². The van der Waals surface area contributed by atoms with Crippen LogP contribution in [0.1, 0.15) is 5.56 Å². The fraction of sp³-hybridized carbons (Fsp3) is 0.545. The van der Waals surface area contributed by atoms with Gasteiger partial charge in [0.25, 0.3) is 0 Å². The van der Waals surface area contributed by atoms with Crippen molar-refractivity contribution >= 4 is 0 Å². The summed E-state index contributed by atoms with van der Waals surface area (Å²) >= 11 is 0. The lowest BCUT2D eigenvalue weighted by atomic mass is 10.2. The topological polar surface area (TPSA) is 43.4 Å². The number of hydrogen-bond donors (Lipinski definition) is 1. The average molecular weight is 210 g/mol. The third kappa shape index (κ3) is 4.88. The monoisotopic (exact) mass is 210 g/mol. The van der Waals surface area contributed by atoms with Crippen LogP contribution in [0.25, 0.3) is 0 Å². The first kappa shape index (κ1) is 12.1. The van der Waals surface area contributed by atoms with Gasteiger partial charge in [-0.3, -0.25) is 4.98 Å². The highest BCUT2D eigenvalue weighted by Crippen LogP contribution is 1.95. The van der Waals surface area contributed by atoms with Crippen LogP contribution in [-0.4, -0.2) is 38.6 Å². The van der Waals surface area contributed by atoms with Crippen molar-refractivity contribution in [2.45, 2.75) is 12.7 Å². The zero-order valence-electron chi connectivity index (χ0n) is 9.27. The molecule has 15 heavy (non-hydrogen) atoms. The van der Waals surface area contributed by atoms with E-state index in [1.54, 1.807) is 20.4 Å². The molecule has 1 rings (SSSR count). The van der Waals surface area contributed by atoms with Crippen LogP contribution in [0.4, 0.5) is 0 Å². The summed E-state index contributed by atoms with van der Waals surface area (Å²) in [6, 6.07) is 4.02. The van der Waals surface area contributed by atoms with Crippen LogP contribution < -0.4 is 5.32 Å². The maximum absolute atomic E-state index is 5.05. The van der Waals surface area contributed by atoms with Gasteiger partial charge < -0.3 is 14.8 Å². The van der Waals surface area contributed by atoms with Gasteiger partial charge in [-0.15, -0.1) is 0 Å². The lowest BCUT2D eigenvalue weighted by molar-refractivity contribution is -0.0986. The Bertz CT molecular complexity index is 250. The van der Waals surface area contributed by atoms with E-state index in [4.69, 9.17) is 9.47 Å². The summed E-state index contributed by atoms with van der Waals surface area (Å²) in [6.45, 7) is 1.60. The van der Waals surface area contributed by atoms with E-state index in [1.165, 1.54) is 5.56 Å². The fourth-order valence-electron chi connectivity index (χ4n) is 1.26. The van der Waals surface area contributed by atoms with Crippen molar-refractivity contribution in [2.24, 2.45) is 0 Å². The maximum atomic E-state index is 5.05. The van der Waals surface area contributed by atoms with E-state index in [9.17, 15) is 0 Å². The second-order valence-electron chi connectivity index (χ2n) is 3.22. The van der Waals surface area contributed by atoms with Crippen molar-refractivity contribution in [3.8, 4) is 0 Å². The molecule has 0 radical (unpaired) electrons. The average Bonchev–Trinajstić information content (AvgIpc) is 2.31. The summed E-state index contributed by atoms with van der Waals surface area (Å²) in [5, 5.41) is 3.26. The van der Waals surface area contributed by atoms with Gasteiger partial charge >= 0.3 is 0 Å². The van der Waals surface area contributed by atoms with E-state index in [0.29, 0.717) is 6.54 Å². The van der Waals surface area contributed by atoms with Crippen LogP contribution in [0.2, 0.25) is 0 Å². The number of aromatic nitrogens is 1. The molecular weight excluding hydrogens is 192 g/mol. The standard InChI is InChI=1S/C11H18N2O2/c1-14-11(15-2)9-13-7-5-10-4-3-6-12-8-10/h3-4,6,8,11,13H,5,7,9H2,1-2H3. The normalized spacial score (nSPS) is 10.9. The Morgan fingerprint density at radius 1 is 1.40 bits per heavy atom. The molecule has 0 fully saturated rings. The van der Waals surface area contributed by atoms with Gasteiger partial charge in [-0.1, -0.05) is 6.07 Å².